The molecule has 0 N–H and O–H groups in total. The number of ether oxygens (including phenoxy) is 2. The van der Waals surface area contributed by atoms with Gasteiger partial charge in [0.25, 0.3) is 0 Å². The number of rotatable bonds is 5. The Morgan fingerprint density at radius 3 is 2.52 bits per heavy atom. The highest BCUT2D eigenvalue weighted by Gasteiger charge is 2.54. The molecule has 0 radical (unpaired) electrons. The lowest BCUT2D eigenvalue weighted by Gasteiger charge is -2.39. The van der Waals surface area contributed by atoms with Gasteiger partial charge in [0.15, 0.2) is 0 Å². The van der Waals surface area contributed by atoms with E-state index in [9.17, 15) is 4.79 Å². The fraction of sp³-hybridized carbons (Fsp3) is 0.600. The second-order valence-corrected chi connectivity index (χ2v) is 11.4. The van der Waals surface area contributed by atoms with Crippen LogP contribution < -0.4 is 0 Å². The topological polar surface area (TPSA) is 64.8 Å². The molecule has 2 aromatic rings. The Morgan fingerprint density at radius 2 is 1.91 bits per heavy atom. The highest BCUT2D eigenvalue weighted by atomic mass is 35.5. The van der Waals surface area contributed by atoms with Gasteiger partial charge in [-0.15, -0.1) is 0 Å². The van der Waals surface area contributed by atoms with Crippen LogP contribution in [0.2, 0.25) is 10.0 Å². The monoisotopic (exact) mass is 492 g/mol. The van der Waals surface area contributed by atoms with Gasteiger partial charge in [-0.1, -0.05) is 34.4 Å². The highest BCUT2D eigenvalue weighted by Crippen LogP contribution is 2.54. The molecule has 5 rings (SSSR count). The third-order valence-corrected chi connectivity index (χ3v) is 7.42. The standard InChI is InChI=1S/C25H30Cl2N2O4/c1-24(2,3)32-23(30)29-12-9-19(25(14-29)10-11-25)31-13-16-21(28-33-22(16)15-7-8-15)20-17(26)5-4-6-18(20)27/h4-6,15,19H,7-14H2,1-3H3. The second kappa shape index (κ2) is 8.47. The molecule has 2 heterocycles. The van der Waals surface area contributed by atoms with E-state index < -0.39 is 5.60 Å². The third kappa shape index (κ3) is 4.75. The normalized spacial score (nSPS) is 22.0. The van der Waals surface area contributed by atoms with Gasteiger partial charge in [0.2, 0.25) is 0 Å². The number of nitrogens with zero attached hydrogens (tertiary/aromatic N) is 2. The van der Waals surface area contributed by atoms with Crippen molar-refractivity contribution in [1.29, 1.82) is 0 Å². The van der Waals surface area contributed by atoms with Gasteiger partial charge in [-0.25, -0.2) is 4.79 Å². The lowest BCUT2D eigenvalue weighted by molar-refractivity contribution is -0.0583. The van der Waals surface area contributed by atoms with Crippen molar-refractivity contribution in [2.24, 2.45) is 5.41 Å². The summed E-state index contributed by atoms with van der Waals surface area (Å²) in [5, 5.41) is 5.45. The first-order chi connectivity index (χ1) is 15.7. The van der Waals surface area contributed by atoms with Crippen molar-refractivity contribution < 1.29 is 18.8 Å². The van der Waals surface area contributed by atoms with E-state index >= 15 is 0 Å². The predicted octanol–water partition coefficient (Wildman–Crippen LogP) is 6.83. The van der Waals surface area contributed by atoms with Gasteiger partial charge in [0, 0.05) is 35.5 Å². The smallest absolute Gasteiger partial charge is 0.410 e. The molecule has 1 spiro atoms. The van der Waals surface area contributed by atoms with E-state index in [4.69, 9.17) is 37.2 Å². The molecule has 33 heavy (non-hydrogen) atoms. The van der Waals surface area contributed by atoms with E-state index in [2.05, 4.69) is 5.16 Å². The molecule has 1 aromatic heterocycles. The minimum atomic E-state index is -0.495. The number of piperidine rings is 1. The molecule has 1 atom stereocenters. The lowest BCUT2D eigenvalue weighted by atomic mass is 9.91. The van der Waals surface area contributed by atoms with Crippen LogP contribution in [0.3, 0.4) is 0 Å². The summed E-state index contributed by atoms with van der Waals surface area (Å²) in [4.78, 5) is 14.4. The SMILES string of the molecule is CC(C)(C)OC(=O)N1CCC(OCc2c(-c3c(Cl)cccc3Cl)noc2C2CC2)C2(CC2)C1. The van der Waals surface area contributed by atoms with Crippen LogP contribution in [0.1, 0.15) is 70.1 Å². The summed E-state index contributed by atoms with van der Waals surface area (Å²) in [5.74, 6) is 1.27. The molecule has 1 amide bonds. The average Bonchev–Trinajstić information content (AvgIpc) is 3.66. The molecule has 8 heteroatoms. The molecule has 178 valence electrons. The van der Waals surface area contributed by atoms with Crippen LogP contribution in [0.4, 0.5) is 4.79 Å². The number of amides is 1. The molecule has 1 aliphatic heterocycles. The fourth-order valence-corrected chi connectivity index (χ4v) is 5.33. The molecule has 1 unspecified atom stereocenters. The lowest BCUT2D eigenvalue weighted by Crippen LogP contribution is -2.49. The van der Waals surface area contributed by atoms with Crippen molar-refractivity contribution in [3.8, 4) is 11.3 Å². The molecule has 1 aromatic carbocycles. The van der Waals surface area contributed by atoms with Gasteiger partial charge in [0.05, 0.1) is 22.8 Å². The number of likely N-dealkylation sites (tertiary alicyclic amines) is 1. The largest absolute Gasteiger partial charge is 0.444 e. The summed E-state index contributed by atoms with van der Waals surface area (Å²) in [6, 6.07) is 5.44. The van der Waals surface area contributed by atoms with Crippen molar-refractivity contribution in [3.63, 3.8) is 0 Å². The van der Waals surface area contributed by atoms with Gasteiger partial charge in [-0.3, -0.25) is 0 Å². The Kier molecular flexibility index (Phi) is 5.91. The summed E-state index contributed by atoms with van der Waals surface area (Å²) in [5.41, 5.74) is 1.82. The summed E-state index contributed by atoms with van der Waals surface area (Å²) in [7, 11) is 0. The number of carbonyl (C=O) groups is 1. The number of carbonyl (C=O) groups excluding carboxylic acids is 1. The van der Waals surface area contributed by atoms with E-state index in [0.29, 0.717) is 46.9 Å². The van der Waals surface area contributed by atoms with Crippen molar-refractivity contribution in [2.75, 3.05) is 13.1 Å². The molecule has 1 saturated heterocycles. The average molecular weight is 493 g/mol. The van der Waals surface area contributed by atoms with Crippen molar-refractivity contribution in [1.82, 2.24) is 10.1 Å². The summed E-state index contributed by atoms with van der Waals surface area (Å²) in [6.45, 7) is 7.39. The van der Waals surface area contributed by atoms with E-state index in [1.54, 1.807) is 0 Å². The number of halogens is 2. The van der Waals surface area contributed by atoms with Crippen LogP contribution in [0.5, 0.6) is 0 Å². The number of hydrogen-bond acceptors (Lipinski definition) is 5. The van der Waals surface area contributed by atoms with Crippen LogP contribution in [0, 0.1) is 5.41 Å². The zero-order chi connectivity index (χ0) is 23.4. The molecule has 3 fully saturated rings. The molecule has 2 aliphatic carbocycles. The van der Waals surface area contributed by atoms with Gasteiger partial charge in [-0.2, -0.15) is 0 Å². The fourth-order valence-electron chi connectivity index (χ4n) is 4.76. The van der Waals surface area contributed by atoms with Crippen LogP contribution >= 0.6 is 23.2 Å². The maximum absolute atomic E-state index is 12.6. The maximum atomic E-state index is 12.6. The van der Waals surface area contributed by atoms with Crippen molar-refractivity contribution in [3.05, 3.63) is 39.6 Å². The summed E-state index contributed by atoms with van der Waals surface area (Å²) >= 11 is 13.0. The molecule has 3 aliphatic rings. The Hall–Kier alpha value is -1.76. The number of aromatic nitrogens is 1. The number of hydrogen-bond donors (Lipinski definition) is 0. The molecule has 0 bridgehead atoms. The van der Waals surface area contributed by atoms with Gasteiger partial charge in [0.1, 0.15) is 17.1 Å². The first-order valence-electron chi connectivity index (χ1n) is 11.7. The molecular formula is C25H30Cl2N2O4. The predicted molar refractivity (Wildman–Crippen MR) is 127 cm³/mol. The Bertz CT molecular complexity index is 1030. The van der Waals surface area contributed by atoms with Gasteiger partial charge >= 0.3 is 6.09 Å². The zero-order valence-electron chi connectivity index (χ0n) is 19.3. The molecule has 6 nitrogen and oxygen atoms in total. The zero-order valence-corrected chi connectivity index (χ0v) is 20.8. The van der Waals surface area contributed by atoms with Gasteiger partial charge < -0.3 is 18.9 Å². The highest BCUT2D eigenvalue weighted by molar-refractivity contribution is 6.39. The third-order valence-electron chi connectivity index (χ3n) is 6.79. The molecular weight excluding hydrogens is 463 g/mol. The van der Waals surface area contributed by atoms with Crippen molar-refractivity contribution >= 4 is 29.3 Å². The van der Waals surface area contributed by atoms with Gasteiger partial charge in [-0.05, 0) is 65.0 Å². The summed E-state index contributed by atoms with van der Waals surface area (Å²) < 4.78 is 17.9. The van der Waals surface area contributed by atoms with E-state index in [0.717, 1.165) is 43.4 Å². The maximum Gasteiger partial charge on any atom is 0.410 e. The first-order valence-corrected chi connectivity index (χ1v) is 12.4. The van der Waals surface area contributed by atoms with Crippen LogP contribution in [0.15, 0.2) is 22.7 Å². The Balaban J connectivity index is 1.33. The first kappa shape index (κ1) is 23.0. The second-order valence-electron chi connectivity index (χ2n) is 10.6. The van der Waals surface area contributed by atoms with E-state index in [1.807, 2.05) is 43.9 Å². The van der Waals surface area contributed by atoms with Crippen LogP contribution in [-0.2, 0) is 16.1 Å². The minimum absolute atomic E-state index is 0.00820. The Labute approximate surface area is 204 Å². The number of benzene rings is 1. The minimum Gasteiger partial charge on any atom is -0.444 e. The quantitative estimate of drug-likeness (QED) is 0.457. The Morgan fingerprint density at radius 1 is 1.21 bits per heavy atom. The van der Waals surface area contributed by atoms with Crippen LogP contribution in [0.25, 0.3) is 11.3 Å². The van der Waals surface area contributed by atoms with E-state index in [-0.39, 0.29) is 17.6 Å². The van der Waals surface area contributed by atoms with Crippen molar-refractivity contribution in [2.45, 2.75) is 77.1 Å². The summed E-state index contributed by atoms with van der Waals surface area (Å²) in [6.07, 6.45) is 4.92. The van der Waals surface area contributed by atoms with Crippen LogP contribution in [-0.4, -0.2) is 40.9 Å². The van der Waals surface area contributed by atoms with E-state index in [1.165, 1.54) is 0 Å². The molecule has 2 saturated carbocycles.